The van der Waals surface area contributed by atoms with E-state index in [1.165, 1.54) is 9.47 Å². The normalized spacial score (nSPS) is 18.9. The number of carbonyl (C=O) groups is 4. The average molecular weight is 668 g/mol. The monoisotopic (exact) mass is 667 g/mol. The van der Waals surface area contributed by atoms with E-state index in [4.69, 9.17) is 14.2 Å². The molecule has 1 aromatic heterocycles. The molecule has 4 aromatic rings. The predicted molar refractivity (Wildman–Crippen MR) is 182 cm³/mol. The van der Waals surface area contributed by atoms with E-state index in [-0.39, 0.29) is 18.9 Å². The molecular formula is C38H41N3O8. The SMILES string of the molecule is C[C@H]1OC(C)(C)N(C(=O)[C@H](Cc2cn(C(=O)OC(C)(C)C)c3ccccc23)NC(=O)OCC2c3ccccc3-c3ccccc32)C1C(=O)O. The van der Waals surface area contributed by atoms with Crippen LogP contribution in [0.1, 0.15) is 64.2 Å². The summed E-state index contributed by atoms with van der Waals surface area (Å²) in [6.07, 6.45) is -0.737. The van der Waals surface area contributed by atoms with Gasteiger partial charge >= 0.3 is 18.2 Å². The van der Waals surface area contributed by atoms with Crippen LogP contribution in [0.15, 0.2) is 79.0 Å². The van der Waals surface area contributed by atoms with Crippen LogP contribution in [0.3, 0.4) is 0 Å². The van der Waals surface area contributed by atoms with Gasteiger partial charge in [0.05, 0.1) is 11.6 Å². The number of carboxylic acid groups (broad SMARTS) is 1. The van der Waals surface area contributed by atoms with Crippen LogP contribution in [0.25, 0.3) is 22.0 Å². The molecule has 6 rings (SSSR count). The van der Waals surface area contributed by atoms with Crippen LogP contribution in [0.5, 0.6) is 0 Å². The van der Waals surface area contributed by atoms with Gasteiger partial charge in [-0.1, -0.05) is 66.7 Å². The molecular weight excluding hydrogens is 626 g/mol. The third-order valence-corrected chi connectivity index (χ3v) is 9.01. The van der Waals surface area contributed by atoms with Crippen molar-refractivity contribution in [1.29, 1.82) is 0 Å². The highest BCUT2D eigenvalue weighted by molar-refractivity contribution is 5.94. The molecule has 1 aliphatic carbocycles. The summed E-state index contributed by atoms with van der Waals surface area (Å²) in [5.41, 5.74) is 3.31. The van der Waals surface area contributed by atoms with Crippen LogP contribution in [0, 0.1) is 0 Å². The lowest BCUT2D eigenvalue weighted by molar-refractivity contribution is -0.156. The van der Waals surface area contributed by atoms with Crippen LogP contribution < -0.4 is 5.32 Å². The number of aromatic nitrogens is 1. The van der Waals surface area contributed by atoms with Gasteiger partial charge in [0, 0.05) is 23.9 Å². The van der Waals surface area contributed by atoms with Crippen molar-refractivity contribution >= 4 is 35.0 Å². The molecule has 1 saturated heterocycles. The maximum absolute atomic E-state index is 14.4. The molecule has 2 aliphatic rings. The van der Waals surface area contributed by atoms with Crippen LogP contribution in [-0.4, -0.2) is 74.8 Å². The minimum Gasteiger partial charge on any atom is -0.480 e. The van der Waals surface area contributed by atoms with Crippen LogP contribution in [-0.2, 0) is 30.2 Å². The molecule has 11 heteroatoms. The van der Waals surface area contributed by atoms with E-state index in [9.17, 15) is 24.3 Å². The van der Waals surface area contributed by atoms with E-state index in [2.05, 4.69) is 5.32 Å². The van der Waals surface area contributed by atoms with Gasteiger partial charge in [0.1, 0.15) is 24.0 Å². The first kappa shape index (κ1) is 33.7. The van der Waals surface area contributed by atoms with Gasteiger partial charge in [-0.3, -0.25) is 14.3 Å². The lowest BCUT2D eigenvalue weighted by atomic mass is 9.98. The second-order valence-electron chi connectivity index (χ2n) is 14.0. The Morgan fingerprint density at radius 1 is 0.939 bits per heavy atom. The number of para-hydroxylation sites is 1. The van der Waals surface area contributed by atoms with Crippen LogP contribution in [0.4, 0.5) is 9.59 Å². The van der Waals surface area contributed by atoms with Gasteiger partial charge in [0.2, 0.25) is 5.91 Å². The molecule has 0 bridgehead atoms. The fraction of sp³-hybridized carbons (Fsp3) is 0.368. The topological polar surface area (TPSA) is 136 Å². The first-order valence-electron chi connectivity index (χ1n) is 16.3. The summed E-state index contributed by atoms with van der Waals surface area (Å²) in [7, 11) is 0. The molecule has 0 radical (unpaired) electrons. The van der Waals surface area contributed by atoms with Gasteiger partial charge in [-0.25, -0.2) is 14.4 Å². The molecule has 2 N–H and O–H groups in total. The van der Waals surface area contributed by atoms with Crippen molar-refractivity contribution in [3.8, 4) is 11.1 Å². The zero-order valence-corrected chi connectivity index (χ0v) is 28.4. The molecule has 3 aromatic carbocycles. The lowest BCUT2D eigenvalue weighted by Gasteiger charge is -2.35. The lowest BCUT2D eigenvalue weighted by Crippen LogP contribution is -2.58. The Labute approximate surface area is 284 Å². The number of benzene rings is 3. The number of nitrogens with one attached hydrogen (secondary N) is 1. The third-order valence-electron chi connectivity index (χ3n) is 9.01. The number of hydrogen-bond donors (Lipinski definition) is 2. The molecule has 0 spiro atoms. The number of ether oxygens (including phenoxy) is 3. The Morgan fingerprint density at radius 3 is 2.14 bits per heavy atom. The molecule has 11 nitrogen and oxygen atoms in total. The second-order valence-corrected chi connectivity index (χ2v) is 14.0. The summed E-state index contributed by atoms with van der Waals surface area (Å²) in [6.45, 7) is 10.1. The molecule has 0 saturated carbocycles. The molecule has 1 fully saturated rings. The maximum atomic E-state index is 14.4. The average Bonchev–Trinajstić information content (AvgIpc) is 3.64. The number of carboxylic acids is 1. The summed E-state index contributed by atoms with van der Waals surface area (Å²) < 4.78 is 18.7. The molecule has 1 aliphatic heterocycles. The zero-order valence-electron chi connectivity index (χ0n) is 28.4. The summed E-state index contributed by atoms with van der Waals surface area (Å²) in [4.78, 5) is 54.8. The minimum atomic E-state index is -1.29. The largest absolute Gasteiger partial charge is 0.480 e. The van der Waals surface area contributed by atoms with E-state index in [0.29, 0.717) is 16.5 Å². The molecule has 3 atom stereocenters. The smallest absolute Gasteiger partial charge is 0.419 e. The van der Waals surface area contributed by atoms with Gasteiger partial charge < -0.3 is 24.6 Å². The number of fused-ring (bicyclic) bond motifs is 4. The van der Waals surface area contributed by atoms with Gasteiger partial charge in [0.15, 0.2) is 6.04 Å². The van der Waals surface area contributed by atoms with Gasteiger partial charge in [0.25, 0.3) is 0 Å². The molecule has 49 heavy (non-hydrogen) atoms. The predicted octanol–water partition coefficient (Wildman–Crippen LogP) is 6.31. The van der Waals surface area contributed by atoms with Gasteiger partial charge in [-0.05, 0) is 75.4 Å². The fourth-order valence-corrected chi connectivity index (χ4v) is 7.08. The van der Waals surface area contributed by atoms with Gasteiger partial charge in [-0.15, -0.1) is 0 Å². The number of carbonyl (C=O) groups excluding carboxylic acids is 3. The van der Waals surface area contributed by atoms with Gasteiger partial charge in [-0.2, -0.15) is 0 Å². The quantitative estimate of drug-likeness (QED) is 0.234. The molecule has 2 heterocycles. The Kier molecular flexibility index (Phi) is 8.74. The number of amides is 2. The minimum absolute atomic E-state index is 0.0197. The number of aliphatic carboxylic acids is 1. The summed E-state index contributed by atoms with van der Waals surface area (Å²) in [6, 6.07) is 20.5. The van der Waals surface area contributed by atoms with Crippen molar-refractivity contribution in [2.24, 2.45) is 0 Å². The molecule has 1 unspecified atom stereocenters. The standard InChI is InChI=1S/C38H41N3O8/c1-22-32(34(43)44)41(38(5,6)48-22)33(42)30(19-23-20-40(36(46)49-37(2,3)4)31-18-12-11-13-24(23)31)39-35(45)47-21-29-27-16-9-7-14-25(27)26-15-8-10-17-28(26)29/h7-18,20,22,29-30,32H,19,21H2,1-6H3,(H,39,45)(H,43,44)/t22-,30+,32?/m1/s1. The summed E-state index contributed by atoms with van der Waals surface area (Å²) in [5, 5.41) is 13.5. The Hall–Kier alpha value is -5.16. The van der Waals surface area contributed by atoms with Crippen LogP contribution in [0.2, 0.25) is 0 Å². The Bertz CT molecular complexity index is 1890. The maximum Gasteiger partial charge on any atom is 0.419 e. The van der Waals surface area contributed by atoms with E-state index in [1.54, 1.807) is 65.9 Å². The number of alkyl carbamates (subject to hydrolysis) is 1. The van der Waals surface area contributed by atoms with E-state index < -0.39 is 53.6 Å². The molecule has 2 amide bonds. The molecule has 256 valence electrons. The number of rotatable bonds is 7. The highest BCUT2D eigenvalue weighted by atomic mass is 16.6. The summed E-state index contributed by atoms with van der Waals surface area (Å²) in [5.74, 6) is -2.10. The Morgan fingerprint density at radius 2 is 1.53 bits per heavy atom. The van der Waals surface area contributed by atoms with E-state index in [0.717, 1.165) is 22.3 Å². The van der Waals surface area contributed by atoms with Crippen molar-refractivity contribution < 1.29 is 38.5 Å². The highest BCUT2D eigenvalue weighted by Gasteiger charge is 2.53. The number of hydrogen-bond acceptors (Lipinski definition) is 7. The van der Waals surface area contributed by atoms with E-state index >= 15 is 0 Å². The van der Waals surface area contributed by atoms with Crippen molar-refractivity contribution in [3.63, 3.8) is 0 Å². The van der Waals surface area contributed by atoms with Crippen molar-refractivity contribution in [1.82, 2.24) is 14.8 Å². The zero-order chi connectivity index (χ0) is 35.2. The fourth-order valence-electron chi connectivity index (χ4n) is 7.08. The highest BCUT2D eigenvalue weighted by Crippen LogP contribution is 2.44. The van der Waals surface area contributed by atoms with E-state index in [1.807, 2.05) is 54.6 Å². The third kappa shape index (κ3) is 6.50. The Balaban J connectivity index is 1.31. The first-order chi connectivity index (χ1) is 23.2. The van der Waals surface area contributed by atoms with Crippen molar-refractivity contribution in [2.75, 3.05) is 6.61 Å². The summed E-state index contributed by atoms with van der Waals surface area (Å²) >= 11 is 0. The number of nitrogens with zero attached hydrogens (tertiary/aromatic N) is 2. The van der Waals surface area contributed by atoms with Crippen LogP contribution >= 0.6 is 0 Å². The van der Waals surface area contributed by atoms with Crippen molar-refractivity contribution in [2.45, 2.75) is 83.4 Å². The first-order valence-corrected chi connectivity index (χ1v) is 16.3. The second kappa shape index (κ2) is 12.7. The van der Waals surface area contributed by atoms with Crippen molar-refractivity contribution in [3.05, 3.63) is 95.7 Å².